The molecule has 2 aromatic rings. The minimum atomic E-state index is -0.320. The molecule has 0 saturated heterocycles. The van der Waals surface area contributed by atoms with E-state index >= 15 is 0 Å². The Balaban J connectivity index is 1.54. The van der Waals surface area contributed by atoms with E-state index in [1.54, 1.807) is 12.1 Å². The summed E-state index contributed by atoms with van der Waals surface area (Å²) >= 11 is 0. The van der Waals surface area contributed by atoms with Gasteiger partial charge in [0, 0.05) is 24.1 Å². The van der Waals surface area contributed by atoms with Gasteiger partial charge in [-0.2, -0.15) is 0 Å². The first kappa shape index (κ1) is 18.2. The number of amides is 3. The van der Waals surface area contributed by atoms with Crippen molar-refractivity contribution in [2.75, 3.05) is 13.2 Å². The number of benzene rings is 2. The molecule has 4 rings (SSSR count). The fraction of sp³-hybridized carbons (Fsp3) is 0.318. The van der Waals surface area contributed by atoms with Gasteiger partial charge >= 0.3 is 0 Å². The van der Waals surface area contributed by atoms with Gasteiger partial charge in [0.05, 0.1) is 23.8 Å². The Morgan fingerprint density at radius 2 is 1.93 bits per heavy atom. The number of unbranched alkanes of at least 4 members (excludes halogenated alkanes) is 1. The number of hydrogen-bond acceptors (Lipinski definition) is 4. The zero-order valence-electron chi connectivity index (χ0n) is 15.7. The molecule has 0 saturated carbocycles. The third-order valence-electron chi connectivity index (χ3n) is 5.23. The lowest BCUT2D eigenvalue weighted by Gasteiger charge is -2.26. The largest absolute Gasteiger partial charge is 0.493 e. The van der Waals surface area contributed by atoms with Gasteiger partial charge in [0.2, 0.25) is 0 Å². The van der Waals surface area contributed by atoms with Crippen molar-refractivity contribution in [3.63, 3.8) is 0 Å². The van der Waals surface area contributed by atoms with E-state index < -0.39 is 0 Å². The first-order valence-corrected chi connectivity index (χ1v) is 9.63. The highest BCUT2D eigenvalue weighted by atomic mass is 16.5. The van der Waals surface area contributed by atoms with E-state index in [0.717, 1.165) is 24.2 Å². The normalized spacial score (nSPS) is 17.8. The van der Waals surface area contributed by atoms with Gasteiger partial charge in [-0.05, 0) is 30.7 Å². The lowest BCUT2D eigenvalue weighted by atomic mass is 9.99. The predicted octanol–water partition coefficient (Wildman–Crippen LogP) is 3.34. The number of para-hydroxylation sites is 1. The zero-order valence-corrected chi connectivity index (χ0v) is 15.7. The standard InChI is InChI=1S/C22H22N2O4/c1-2-3-11-24-21(26)15-9-8-14(13-17(15)22(24)27)20(25)23-18-10-12-28-19-7-5-4-6-16(18)19/h4-9,13,18H,2-3,10-12H2,1H3,(H,23,25). The lowest BCUT2D eigenvalue weighted by Crippen LogP contribution is -2.32. The van der Waals surface area contributed by atoms with Crippen molar-refractivity contribution in [1.82, 2.24) is 10.2 Å². The molecule has 2 aromatic carbocycles. The Morgan fingerprint density at radius 3 is 2.75 bits per heavy atom. The van der Waals surface area contributed by atoms with Gasteiger partial charge < -0.3 is 10.1 Å². The van der Waals surface area contributed by atoms with E-state index in [1.807, 2.05) is 31.2 Å². The maximum absolute atomic E-state index is 12.8. The maximum atomic E-state index is 12.8. The monoisotopic (exact) mass is 378 g/mol. The molecule has 1 atom stereocenters. The molecule has 0 fully saturated rings. The van der Waals surface area contributed by atoms with Gasteiger partial charge in [-0.1, -0.05) is 31.5 Å². The van der Waals surface area contributed by atoms with Crippen molar-refractivity contribution in [3.8, 4) is 5.75 Å². The van der Waals surface area contributed by atoms with Crippen molar-refractivity contribution in [1.29, 1.82) is 0 Å². The molecule has 28 heavy (non-hydrogen) atoms. The maximum Gasteiger partial charge on any atom is 0.261 e. The number of carbonyl (C=O) groups excluding carboxylic acids is 3. The van der Waals surface area contributed by atoms with Crippen LogP contribution in [0, 0.1) is 0 Å². The smallest absolute Gasteiger partial charge is 0.261 e. The first-order chi connectivity index (χ1) is 13.6. The summed E-state index contributed by atoms with van der Waals surface area (Å²) in [5, 5.41) is 3.03. The minimum Gasteiger partial charge on any atom is -0.493 e. The Kier molecular flexibility index (Phi) is 4.86. The SMILES string of the molecule is CCCCN1C(=O)c2ccc(C(=O)NC3CCOc4ccccc43)cc2C1=O. The highest BCUT2D eigenvalue weighted by Gasteiger charge is 2.35. The van der Waals surface area contributed by atoms with E-state index in [4.69, 9.17) is 4.74 Å². The van der Waals surface area contributed by atoms with Gasteiger partial charge in [-0.25, -0.2) is 0 Å². The number of nitrogens with one attached hydrogen (secondary N) is 1. The van der Waals surface area contributed by atoms with E-state index in [1.165, 1.54) is 11.0 Å². The Bertz CT molecular complexity index is 953. The second-order valence-electron chi connectivity index (χ2n) is 7.08. The highest BCUT2D eigenvalue weighted by Crippen LogP contribution is 2.32. The third-order valence-corrected chi connectivity index (χ3v) is 5.23. The van der Waals surface area contributed by atoms with Crippen LogP contribution in [0.3, 0.4) is 0 Å². The fourth-order valence-corrected chi connectivity index (χ4v) is 3.68. The molecule has 6 heteroatoms. The molecule has 1 N–H and O–H groups in total. The van der Waals surface area contributed by atoms with Crippen LogP contribution in [0.1, 0.15) is 68.9 Å². The molecule has 144 valence electrons. The van der Waals surface area contributed by atoms with Crippen LogP contribution in [0.2, 0.25) is 0 Å². The molecule has 0 radical (unpaired) electrons. The fourth-order valence-electron chi connectivity index (χ4n) is 3.68. The molecule has 1 unspecified atom stereocenters. The zero-order chi connectivity index (χ0) is 19.7. The van der Waals surface area contributed by atoms with Crippen LogP contribution in [0.4, 0.5) is 0 Å². The topological polar surface area (TPSA) is 75.7 Å². The third kappa shape index (κ3) is 3.15. The molecule has 6 nitrogen and oxygen atoms in total. The molecule has 0 bridgehead atoms. The average Bonchev–Trinajstić information content (AvgIpc) is 2.96. The van der Waals surface area contributed by atoms with E-state index in [2.05, 4.69) is 5.32 Å². The molecule has 3 amide bonds. The number of ether oxygens (including phenoxy) is 1. The number of rotatable bonds is 5. The number of nitrogens with zero attached hydrogens (tertiary/aromatic N) is 1. The number of carbonyl (C=O) groups is 3. The average molecular weight is 378 g/mol. The van der Waals surface area contributed by atoms with Gasteiger partial charge in [-0.3, -0.25) is 19.3 Å². The second kappa shape index (κ2) is 7.46. The molecule has 2 aliphatic rings. The Hall–Kier alpha value is -3.15. The number of imide groups is 1. The van der Waals surface area contributed by atoms with Crippen molar-refractivity contribution >= 4 is 17.7 Å². The van der Waals surface area contributed by atoms with Crippen molar-refractivity contribution < 1.29 is 19.1 Å². The van der Waals surface area contributed by atoms with Gasteiger partial charge in [-0.15, -0.1) is 0 Å². The second-order valence-corrected chi connectivity index (χ2v) is 7.08. The quantitative estimate of drug-likeness (QED) is 0.810. The summed E-state index contributed by atoms with van der Waals surface area (Å²) in [7, 11) is 0. The van der Waals surface area contributed by atoms with Gasteiger partial charge in [0.25, 0.3) is 17.7 Å². The van der Waals surface area contributed by atoms with Crippen LogP contribution in [-0.4, -0.2) is 35.8 Å². The number of hydrogen-bond donors (Lipinski definition) is 1. The van der Waals surface area contributed by atoms with Crippen molar-refractivity contribution in [3.05, 3.63) is 64.7 Å². The van der Waals surface area contributed by atoms with Crippen LogP contribution in [0.25, 0.3) is 0 Å². The summed E-state index contributed by atoms with van der Waals surface area (Å²) in [4.78, 5) is 39.1. The van der Waals surface area contributed by atoms with E-state index in [0.29, 0.717) is 36.3 Å². The molecule has 2 aliphatic heterocycles. The molecule has 2 heterocycles. The summed E-state index contributed by atoms with van der Waals surface area (Å²) < 4.78 is 5.63. The summed E-state index contributed by atoms with van der Waals surface area (Å²) in [6, 6.07) is 12.2. The van der Waals surface area contributed by atoms with Crippen LogP contribution in [0.5, 0.6) is 5.75 Å². The van der Waals surface area contributed by atoms with Gasteiger partial charge in [0.15, 0.2) is 0 Å². The van der Waals surface area contributed by atoms with Crippen molar-refractivity contribution in [2.45, 2.75) is 32.2 Å². The molecule has 0 spiro atoms. The molecule has 0 aliphatic carbocycles. The summed E-state index contributed by atoms with van der Waals surface area (Å²) in [6.45, 7) is 2.95. The summed E-state index contributed by atoms with van der Waals surface area (Å²) in [6.07, 6.45) is 2.34. The highest BCUT2D eigenvalue weighted by molar-refractivity contribution is 6.22. The first-order valence-electron chi connectivity index (χ1n) is 9.63. The van der Waals surface area contributed by atoms with Crippen LogP contribution < -0.4 is 10.1 Å². The van der Waals surface area contributed by atoms with Gasteiger partial charge in [0.1, 0.15) is 5.75 Å². The molecular weight excluding hydrogens is 356 g/mol. The van der Waals surface area contributed by atoms with E-state index in [9.17, 15) is 14.4 Å². The lowest BCUT2D eigenvalue weighted by molar-refractivity contribution is 0.0652. The van der Waals surface area contributed by atoms with Crippen LogP contribution >= 0.6 is 0 Å². The van der Waals surface area contributed by atoms with Crippen molar-refractivity contribution in [2.24, 2.45) is 0 Å². The summed E-state index contributed by atoms with van der Waals surface area (Å²) in [5.41, 5.74) is 2.00. The Labute approximate surface area is 163 Å². The number of fused-ring (bicyclic) bond motifs is 2. The predicted molar refractivity (Wildman–Crippen MR) is 103 cm³/mol. The van der Waals surface area contributed by atoms with E-state index in [-0.39, 0.29) is 23.8 Å². The van der Waals surface area contributed by atoms with Crippen LogP contribution in [-0.2, 0) is 0 Å². The molecule has 0 aromatic heterocycles. The summed E-state index contributed by atoms with van der Waals surface area (Å²) in [5.74, 6) is -0.0876. The minimum absolute atomic E-state index is 0.149. The van der Waals surface area contributed by atoms with Crippen LogP contribution in [0.15, 0.2) is 42.5 Å². The Morgan fingerprint density at radius 1 is 1.14 bits per heavy atom. The molecular formula is C22H22N2O4.